The van der Waals surface area contributed by atoms with Gasteiger partial charge in [-0.25, -0.2) is 8.42 Å². The summed E-state index contributed by atoms with van der Waals surface area (Å²) in [7, 11) is -0.271. The van der Waals surface area contributed by atoms with Crippen molar-refractivity contribution in [2.24, 2.45) is 0 Å². The van der Waals surface area contributed by atoms with Crippen LogP contribution in [0, 0.1) is 0 Å². The highest BCUT2D eigenvalue weighted by molar-refractivity contribution is 7.89. The van der Waals surface area contributed by atoms with Crippen molar-refractivity contribution in [2.75, 3.05) is 40.1 Å². The van der Waals surface area contributed by atoms with E-state index in [1.807, 2.05) is 77.5 Å². The molecule has 2 fully saturated rings. The average molecular weight is 831 g/mol. The quantitative estimate of drug-likeness (QED) is 0.229. The molecule has 2 aromatic heterocycles. The topological polar surface area (TPSA) is 150 Å². The third-order valence-corrected chi connectivity index (χ3v) is 14.7. The Hall–Kier alpha value is -6.10. The van der Waals surface area contributed by atoms with E-state index in [1.165, 1.54) is 27.2 Å². The second-order valence-electron chi connectivity index (χ2n) is 15.7. The lowest BCUT2D eigenvalue weighted by Gasteiger charge is -2.47. The van der Waals surface area contributed by atoms with Crippen LogP contribution in [0.3, 0.4) is 0 Å². The maximum Gasteiger partial charge on any atom is 0.243 e. The number of ether oxygens (including phenoxy) is 4. The number of piperazine rings is 1. The van der Waals surface area contributed by atoms with Crippen molar-refractivity contribution in [1.29, 1.82) is 0 Å². The number of likely N-dealkylation sites (N-methyl/N-ethyl adjacent to an activating group) is 2. The standard InChI is InChI=1S/C22H19N3O3S.C21H19N3O5S/c1-24-10-19(26)25-16(22(24)29)9-14-13-4-2-3-5-15(13)23-20(14)21(25)12-6-7-17-18(8-12)28-11-27-17;1-23-10-30(26,27)24-16(21(23)25)9-14-13-4-2-3-5-15(13)22-19(14)20(24)12-6-7-17-18(8-12)29-11-28-17/h2-8,16,21,23H,9-11H2,1H3;2-8,16,20,22H,9-11H2,1H3/t16-,21-;16-,20-/m11/s1. The van der Waals surface area contributed by atoms with E-state index in [4.69, 9.17) is 31.2 Å². The summed E-state index contributed by atoms with van der Waals surface area (Å²) in [6, 6.07) is 25.7. The third kappa shape index (κ3) is 5.53. The van der Waals surface area contributed by atoms with Gasteiger partial charge in [-0.2, -0.15) is 4.31 Å². The Morgan fingerprint density at radius 2 is 1.19 bits per heavy atom. The Bertz CT molecular complexity index is 2890. The van der Waals surface area contributed by atoms with Gasteiger partial charge in [0.25, 0.3) is 0 Å². The van der Waals surface area contributed by atoms with Crippen molar-refractivity contribution in [3.05, 3.63) is 119 Å². The molecule has 300 valence electrons. The number of hydrogen-bond acceptors (Lipinski definition) is 9. The molecule has 8 heterocycles. The molecule has 6 aromatic rings. The lowest BCUT2D eigenvalue weighted by atomic mass is 9.86. The van der Waals surface area contributed by atoms with Crippen molar-refractivity contribution in [2.45, 2.75) is 37.0 Å². The number of benzene rings is 4. The van der Waals surface area contributed by atoms with Gasteiger partial charge in [-0.15, -0.1) is 0 Å². The van der Waals surface area contributed by atoms with Crippen LogP contribution in [0.5, 0.6) is 23.0 Å². The number of thiocarbonyl (C=S) groups is 1. The van der Waals surface area contributed by atoms with E-state index in [9.17, 15) is 18.0 Å². The first-order valence-electron chi connectivity index (χ1n) is 19.4. The summed E-state index contributed by atoms with van der Waals surface area (Å²) in [4.78, 5) is 39.2. The lowest BCUT2D eigenvalue weighted by Crippen LogP contribution is -2.61. The number of carbonyl (C=O) groups is 2. The van der Waals surface area contributed by atoms with Crippen LogP contribution < -0.4 is 18.9 Å². The largest absolute Gasteiger partial charge is 0.454 e. The van der Waals surface area contributed by atoms with Crippen molar-refractivity contribution in [3.63, 3.8) is 0 Å². The average Bonchev–Trinajstić information content (AvgIpc) is 4.05. The van der Waals surface area contributed by atoms with E-state index in [1.54, 1.807) is 6.07 Å². The summed E-state index contributed by atoms with van der Waals surface area (Å²) in [6.07, 6.45) is 1.05. The fourth-order valence-electron chi connectivity index (χ4n) is 9.68. The van der Waals surface area contributed by atoms with Gasteiger partial charge in [-0.1, -0.05) is 60.7 Å². The number of sulfonamides is 1. The molecular formula is C43H38N6O8S2. The lowest BCUT2D eigenvalue weighted by molar-refractivity contribution is -0.137. The molecule has 0 unspecified atom stereocenters. The number of carbonyl (C=O) groups excluding carboxylic acids is 2. The van der Waals surface area contributed by atoms with Crippen LogP contribution in [0.4, 0.5) is 0 Å². The van der Waals surface area contributed by atoms with E-state index < -0.39 is 22.1 Å². The first-order chi connectivity index (χ1) is 28.6. The molecule has 12 rings (SSSR count). The fourth-order valence-corrected chi connectivity index (χ4v) is 11.8. The molecule has 0 aliphatic carbocycles. The predicted octanol–water partition coefficient (Wildman–Crippen LogP) is 4.98. The first-order valence-corrected chi connectivity index (χ1v) is 21.4. The van der Waals surface area contributed by atoms with Crippen LogP contribution in [0.1, 0.15) is 45.7 Å². The molecule has 6 aliphatic heterocycles. The van der Waals surface area contributed by atoms with E-state index in [0.29, 0.717) is 30.2 Å². The van der Waals surface area contributed by atoms with Gasteiger partial charge in [0.2, 0.25) is 35.4 Å². The van der Waals surface area contributed by atoms with Crippen LogP contribution in [-0.4, -0.2) is 106 Å². The van der Waals surface area contributed by atoms with Crippen LogP contribution in [0.2, 0.25) is 0 Å². The van der Waals surface area contributed by atoms with Crippen LogP contribution in [0.15, 0.2) is 84.9 Å². The van der Waals surface area contributed by atoms with Crippen LogP contribution >= 0.6 is 12.2 Å². The number of hydrogen-bond donors (Lipinski definition) is 2. The molecule has 0 saturated carbocycles. The fraction of sp³-hybridized carbons (Fsp3) is 0.279. The molecule has 0 spiro atoms. The minimum Gasteiger partial charge on any atom is -0.454 e. The zero-order chi connectivity index (χ0) is 40.3. The Morgan fingerprint density at radius 3 is 1.80 bits per heavy atom. The van der Waals surface area contributed by atoms with E-state index in [0.717, 1.165) is 61.7 Å². The molecule has 0 radical (unpaired) electrons. The summed E-state index contributed by atoms with van der Waals surface area (Å²) < 4.78 is 50.0. The minimum absolute atomic E-state index is 0.0815. The number of aromatic amines is 2. The maximum absolute atomic E-state index is 13.3. The van der Waals surface area contributed by atoms with Gasteiger partial charge in [-0.3, -0.25) is 9.59 Å². The molecule has 2 saturated heterocycles. The third-order valence-electron chi connectivity index (χ3n) is 12.3. The summed E-state index contributed by atoms with van der Waals surface area (Å²) >= 11 is 5.76. The molecule has 4 aromatic carbocycles. The number of nitrogens with zero attached hydrogens (tertiary/aromatic N) is 4. The van der Waals surface area contributed by atoms with Crippen LogP contribution in [-0.2, 0) is 32.5 Å². The van der Waals surface area contributed by atoms with Gasteiger partial charge in [0.05, 0.1) is 24.7 Å². The molecule has 4 atom stereocenters. The zero-order valence-corrected chi connectivity index (χ0v) is 33.6. The Morgan fingerprint density at radius 1 is 0.661 bits per heavy atom. The molecule has 0 bridgehead atoms. The van der Waals surface area contributed by atoms with E-state index in [-0.39, 0.29) is 43.4 Å². The SMILES string of the molecule is CN1CC(=O)N2[C@H](c3ccc4c(c3)OCO4)c3[nH]c4ccccc4c3C[C@@H]2C1=S.CN1CS(=O)(=O)N2[C@H](c3ccc4c(c3)OCO4)c3[nH]c4ccccc4c3C[C@@H]2C1=O. The summed E-state index contributed by atoms with van der Waals surface area (Å²) in [5.41, 5.74) is 7.80. The Labute approximate surface area is 344 Å². The van der Waals surface area contributed by atoms with Crippen molar-refractivity contribution < 1.29 is 37.0 Å². The number of amides is 2. The number of fused-ring (bicyclic) bond motifs is 10. The van der Waals surface area contributed by atoms with Gasteiger partial charge < -0.3 is 43.6 Å². The second-order valence-corrected chi connectivity index (χ2v) is 18.0. The summed E-state index contributed by atoms with van der Waals surface area (Å²) in [5.74, 6) is 2.21. The number of rotatable bonds is 2. The number of para-hydroxylation sites is 2. The molecule has 2 amide bonds. The number of H-pyrrole nitrogens is 2. The molecule has 14 nitrogen and oxygen atoms in total. The highest BCUT2D eigenvalue weighted by Crippen LogP contribution is 2.47. The van der Waals surface area contributed by atoms with Crippen molar-refractivity contribution >= 4 is 60.8 Å². The van der Waals surface area contributed by atoms with Gasteiger partial charge in [0.1, 0.15) is 16.9 Å². The van der Waals surface area contributed by atoms with Crippen LogP contribution in [0.25, 0.3) is 21.8 Å². The van der Waals surface area contributed by atoms with E-state index >= 15 is 0 Å². The summed E-state index contributed by atoms with van der Waals surface area (Å²) in [5, 5.41) is 2.20. The predicted molar refractivity (Wildman–Crippen MR) is 221 cm³/mol. The van der Waals surface area contributed by atoms with Gasteiger partial charge in [0, 0.05) is 60.1 Å². The first kappa shape index (κ1) is 36.0. The Kier molecular flexibility index (Phi) is 8.06. The number of nitrogens with one attached hydrogen (secondary N) is 2. The molecule has 6 aliphatic rings. The molecular weight excluding hydrogens is 793 g/mol. The molecule has 59 heavy (non-hydrogen) atoms. The van der Waals surface area contributed by atoms with E-state index in [2.05, 4.69) is 28.2 Å². The Balaban J connectivity index is 0.000000135. The maximum atomic E-state index is 13.3. The van der Waals surface area contributed by atoms with Crippen molar-refractivity contribution in [1.82, 2.24) is 29.0 Å². The van der Waals surface area contributed by atoms with Crippen molar-refractivity contribution in [3.8, 4) is 23.0 Å². The highest BCUT2D eigenvalue weighted by atomic mass is 32.2. The molecule has 16 heteroatoms. The monoisotopic (exact) mass is 830 g/mol. The minimum atomic E-state index is -3.71. The van der Waals surface area contributed by atoms with Gasteiger partial charge in [-0.05, 0) is 58.7 Å². The van der Waals surface area contributed by atoms with Gasteiger partial charge >= 0.3 is 0 Å². The number of aromatic nitrogens is 2. The normalized spacial score (nSPS) is 23.8. The summed E-state index contributed by atoms with van der Waals surface area (Å²) in [6.45, 7) is 0.655. The molecule has 2 N–H and O–H groups in total. The smallest absolute Gasteiger partial charge is 0.243 e. The van der Waals surface area contributed by atoms with Gasteiger partial charge in [0.15, 0.2) is 23.0 Å². The highest BCUT2D eigenvalue weighted by Gasteiger charge is 2.52. The zero-order valence-electron chi connectivity index (χ0n) is 32.0. The second kappa shape index (κ2) is 13.2.